The second-order valence-electron chi connectivity index (χ2n) is 8.11. The quantitative estimate of drug-likeness (QED) is 0.244. The number of halogens is 6. The van der Waals surface area contributed by atoms with Gasteiger partial charge < -0.3 is 10.4 Å². The minimum Gasteiger partial charge on any atom is -0.478 e. The fourth-order valence-electron chi connectivity index (χ4n) is 3.75. The molecule has 8 nitrogen and oxygen atoms in total. The molecule has 1 amide bonds. The number of hydrogen-bond acceptors (Lipinski definition) is 5. The van der Waals surface area contributed by atoms with Crippen molar-refractivity contribution in [1.82, 2.24) is 15.2 Å². The number of hydrazone groups is 1. The number of carboxylic acid groups (broad SMARTS) is 1. The highest BCUT2D eigenvalue weighted by molar-refractivity contribution is 5.94. The maximum atomic E-state index is 14.5. The maximum Gasteiger partial charge on any atom is 0.455 e. The van der Waals surface area contributed by atoms with Crippen molar-refractivity contribution in [3.63, 3.8) is 0 Å². The van der Waals surface area contributed by atoms with Crippen LogP contribution in [0.25, 0.3) is 0 Å². The molecule has 0 unspecified atom stereocenters. The number of anilines is 1. The molecule has 4 rings (SSSR count). The third-order valence-corrected chi connectivity index (χ3v) is 5.65. The Kier molecular flexibility index (Phi) is 6.67. The van der Waals surface area contributed by atoms with Gasteiger partial charge in [-0.25, -0.2) is 19.3 Å². The number of aromatic nitrogens is 2. The summed E-state index contributed by atoms with van der Waals surface area (Å²) in [6, 6.07) is 7.51. The molecule has 0 bridgehead atoms. The number of amides is 1. The second kappa shape index (κ2) is 9.59. The van der Waals surface area contributed by atoms with E-state index in [9.17, 15) is 35.9 Å². The van der Waals surface area contributed by atoms with Crippen molar-refractivity contribution in [3.05, 3.63) is 82.8 Å². The van der Waals surface area contributed by atoms with Gasteiger partial charge >= 0.3 is 18.1 Å². The first kappa shape index (κ1) is 25.7. The zero-order valence-corrected chi connectivity index (χ0v) is 18.5. The van der Waals surface area contributed by atoms with Gasteiger partial charge in [-0.2, -0.15) is 32.2 Å². The summed E-state index contributed by atoms with van der Waals surface area (Å²) in [4.78, 5) is 23.4. The lowest BCUT2D eigenvalue weighted by Gasteiger charge is -2.37. The van der Waals surface area contributed by atoms with E-state index in [1.807, 2.05) is 0 Å². The molecule has 1 aromatic heterocycles. The van der Waals surface area contributed by atoms with E-state index in [1.165, 1.54) is 42.6 Å². The van der Waals surface area contributed by atoms with E-state index in [4.69, 9.17) is 5.11 Å². The van der Waals surface area contributed by atoms with E-state index in [0.29, 0.717) is 10.2 Å². The molecule has 0 radical (unpaired) electrons. The van der Waals surface area contributed by atoms with Crippen LogP contribution < -0.4 is 10.7 Å². The summed E-state index contributed by atoms with van der Waals surface area (Å²) in [6.07, 6.45) is -5.48. The number of hydrogen-bond donors (Lipinski definition) is 3. The predicted molar refractivity (Wildman–Crippen MR) is 118 cm³/mol. The Morgan fingerprint density at radius 3 is 2.32 bits per heavy atom. The van der Waals surface area contributed by atoms with Crippen LogP contribution in [0.3, 0.4) is 0 Å². The summed E-state index contributed by atoms with van der Waals surface area (Å²) in [7, 11) is 0. The minimum atomic E-state index is -5.89. The number of carboxylic acids is 1. The molecule has 0 aliphatic carbocycles. The number of carbonyl (C=O) groups is 2. The first-order chi connectivity index (χ1) is 17.4. The molecule has 2 atom stereocenters. The highest BCUT2D eigenvalue weighted by Gasteiger charge is 2.64. The Bertz CT molecular complexity index is 1340. The van der Waals surface area contributed by atoms with Crippen molar-refractivity contribution < 1.29 is 41.0 Å². The minimum absolute atomic E-state index is 0.0291. The Morgan fingerprint density at radius 1 is 1.08 bits per heavy atom. The smallest absolute Gasteiger partial charge is 0.455 e. The van der Waals surface area contributed by atoms with Gasteiger partial charge in [-0.15, -0.1) is 0 Å². The first-order valence-electron chi connectivity index (χ1n) is 10.6. The molecule has 3 N–H and O–H groups in total. The van der Waals surface area contributed by atoms with Gasteiger partial charge in [-0.1, -0.05) is 24.3 Å². The molecule has 14 heteroatoms. The standard InChI is InChI=1S/C23H17F6N5O3/c24-15-7-5-13(6-8-15)16-9-18(22(25,26)23(27,28)29)34-19(31-16)10-17(33-34)20(35)32-30-11-12-1-3-14(4-2-12)21(36)37/h1-8,10-11,16,18,31H,9H2,(H,32,35)(H,36,37)/b30-11-/t16-,18+/m0/s1. The number of benzene rings is 2. The van der Waals surface area contributed by atoms with Crippen molar-refractivity contribution >= 4 is 23.9 Å². The molecule has 37 heavy (non-hydrogen) atoms. The monoisotopic (exact) mass is 525 g/mol. The fraction of sp³-hybridized carbons (Fsp3) is 0.217. The predicted octanol–water partition coefficient (Wildman–Crippen LogP) is 4.78. The van der Waals surface area contributed by atoms with Gasteiger partial charge in [-0.3, -0.25) is 4.79 Å². The van der Waals surface area contributed by atoms with E-state index < -0.39 is 54.0 Å². The molecular formula is C23H17F6N5O3. The van der Waals surface area contributed by atoms with Crippen LogP contribution in [0.15, 0.2) is 59.7 Å². The lowest BCUT2D eigenvalue weighted by atomic mass is 9.93. The summed E-state index contributed by atoms with van der Waals surface area (Å²) in [5.41, 5.74) is 2.32. The number of alkyl halides is 5. The Hall–Kier alpha value is -4.36. The van der Waals surface area contributed by atoms with Crippen LogP contribution >= 0.6 is 0 Å². The largest absolute Gasteiger partial charge is 0.478 e. The number of rotatable bonds is 6. The molecule has 0 spiro atoms. The third kappa shape index (κ3) is 5.27. The molecule has 1 aliphatic heterocycles. The summed E-state index contributed by atoms with van der Waals surface area (Å²) >= 11 is 0. The van der Waals surface area contributed by atoms with Crippen molar-refractivity contribution in [1.29, 1.82) is 0 Å². The van der Waals surface area contributed by atoms with Gasteiger partial charge in [0.25, 0.3) is 5.91 Å². The Labute approximate surface area is 204 Å². The molecule has 2 aromatic carbocycles. The lowest BCUT2D eigenvalue weighted by molar-refractivity contribution is -0.301. The summed E-state index contributed by atoms with van der Waals surface area (Å²) in [5, 5.41) is 19.0. The number of nitrogens with zero attached hydrogens (tertiary/aromatic N) is 3. The molecule has 0 fully saturated rings. The van der Waals surface area contributed by atoms with Crippen LogP contribution in [0.5, 0.6) is 0 Å². The zero-order valence-electron chi connectivity index (χ0n) is 18.5. The SMILES string of the molecule is O=C(O)c1ccc(/C=N\NC(=O)c2cc3n(n2)[C@@H](C(F)(F)C(F)(F)F)C[C@@H](c2ccc(F)cc2)N3)cc1. The number of carbonyl (C=O) groups excluding carboxylic acids is 1. The van der Waals surface area contributed by atoms with Gasteiger partial charge in [0.2, 0.25) is 0 Å². The van der Waals surface area contributed by atoms with Crippen LogP contribution in [0, 0.1) is 5.82 Å². The van der Waals surface area contributed by atoms with Gasteiger partial charge in [-0.05, 0) is 35.4 Å². The third-order valence-electron chi connectivity index (χ3n) is 5.65. The van der Waals surface area contributed by atoms with Crippen LogP contribution in [-0.4, -0.2) is 45.1 Å². The van der Waals surface area contributed by atoms with Crippen LogP contribution in [0.4, 0.5) is 32.2 Å². The van der Waals surface area contributed by atoms with Crippen LogP contribution in [0.2, 0.25) is 0 Å². The molecule has 1 aliphatic rings. The van der Waals surface area contributed by atoms with Gasteiger partial charge in [0, 0.05) is 12.5 Å². The molecule has 0 saturated heterocycles. The zero-order chi connectivity index (χ0) is 27.0. The topological polar surface area (TPSA) is 109 Å². The van der Waals surface area contributed by atoms with E-state index >= 15 is 0 Å². The van der Waals surface area contributed by atoms with E-state index in [2.05, 4.69) is 20.9 Å². The van der Waals surface area contributed by atoms with Crippen LogP contribution in [-0.2, 0) is 0 Å². The first-order valence-corrected chi connectivity index (χ1v) is 10.6. The van der Waals surface area contributed by atoms with Crippen LogP contribution in [0.1, 0.15) is 50.5 Å². The van der Waals surface area contributed by atoms with Gasteiger partial charge in [0.05, 0.1) is 17.8 Å². The summed E-state index contributed by atoms with van der Waals surface area (Å²) in [6.45, 7) is 0. The summed E-state index contributed by atoms with van der Waals surface area (Å²) < 4.78 is 82.5. The van der Waals surface area contributed by atoms with Gasteiger partial charge in [0.1, 0.15) is 17.7 Å². The highest BCUT2D eigenvalue weighted by atomic mass is 19.4. The van der Waals surface area contributed by atoms with E-state index in [0.717, 1.165) is 18.2 Å². The number of fused-ring (bicyclic) bond motifs is 1. The molecular weight excluding hydrogens is 508 g/mol. The van der Waals surface area contributed by atoms with Crippen molar-refractivity contribution in [3.8, 4) is 0 Å². The number of aromatic carboxylic acids is 1. The molecule has 2 heterocycles. The van der Waals surface area contributed by atoms with Crippen molar-refractivity contribution in [2.45, 2.75) is 30.6 Å². The average Bonchev–Trinajstić information content (AvgIpc) is 3.28. The summed E-state index contributed by atoms with van der Waals surface area (Å²) in [5.74, 6) is -8.20. The molecule has 0 saturated carbocycles. The van der Waals surface area contributed by atoms with Crippen molar-refractivity contribution in [2.24, 2.45) is 5.10 Å². The maximum absolute atomic E-state index is 14.5. The van der Waals surface area contributed by atoms with E-state index in [-0.39, 0.29) is 16.9 Å². The molecule has 3 aromatic rings. The average molecular weight is 525 g/mol. The number of nitrogens with one attached hydrogen (secondary N) is 2. The molecule has 194 valence electrons. The Balaban J connectivity index is 1.59. The van der Waals surface area contributed by atoms with Crippen molar-refractivity contribution in [2.75, 3.05) is 5.32 Å². The second-order valence-corrected chi connectivity index (χ2v) is 8.11. The fourth-order valence-corrected chi connectivity index (χ4v) is 3.75. The normalized spacial score (nSPS) is 17.8. The highest BCUT2D eigenvalue weighted by Crippen LogP contribution is 2.50. The van der Waals surface area contributed by atoms with Gasteiger partial charge in [0.15, 0.2) is 5.69 Å². The lowest BCUT2D eigenvalue weighted by Crippen LogP contribution is -2.47. The van der Waals surface area contributed by atoms with E-state index in [1.54, 1.807) is 0 Å². The Morgan fingerprint density at radius 2 is 1.73 bits per heavy atom.